The maximum Gasteiger partial charge on any atom is 0.337 e. The molecule has 0 spiro atoms. The molecule has 0 unspecified atom stereocenters. The average molecular weight is 432 g/mol. The van der Waals surface area contributed by atoms with Gasteiger partial charge >= 0.3 is 5.97 Å². The van der Waals surface area contributed by atoms with E-state index in [1.54, 1.807) is 24.4 Å². The van der Waals surface area contributed by atoms with E-state index >= 15 is 0 Å². The van der Waals surface area contributed by atoms with E-state index in [0.29, 0.717) is 29.6 Å². The van der Waals surface area contributed by atoms with Gasteiger partial charge in [0, 0.05) is 29.7 Å². The van der Waals surface area contributed by atoms with Crippen LogP contribution in [0, 0.1) is 0 Å². The Morgan fingerprint density at radius 2 is 2.00 bits per heavy atom. The number of carboxylic acid groups (broad SMARTS) is 1. The number of aromatic hydroxyl groups is 1. The van der Waals surface area contributed by atoms with Crippen LogP contribution in [-0.2, 0) is 4.74 Å². The molecular weight excluding hydrogens is 414 g/mol. The summed E-state index contributed by atoms with van der Waals surface area (Å²) in [7, 11) is 0. The fourth-order valence-electron chi connectivity index (χ4n) is 3.07. The molecular formula is C20H18ClN3O4S. The summed E-state index contributed by atoms with van der Waals surface area (Å²) in [6.07, 6.45) is 1.76. The lowest BCUT2D eigenvalue weighted by Crippen LogP contribution is -2.31. The fourth-order valence-corrected chi connectivity index (χ4v) is 4.21. The lowest BCUT2D eigenvalue weighted by molar-refractivity contribution is 0.0697. The molecule has 1 aliphatic heterocycles. The zero-order valence-electron chi connectivity index (χ0n) is 15.3. The van der Waals surface area contributed by atoms with Crippen LogP contribution in [0.3, 0.4) is 0 Å². The van der Waals surface area contributed by atoms with Crippen LogP contribution in [0.5, 0.6) is 5.75 Å². The SMILES string of the molecule is O=C(O)c1cc(O)ccc1Nc1c(SN2CCOCC2)cnc2ccc(Cl)cc12. The largest absolute Gasteiger partial charge is 0.508 e. The molecule has 0 aliphatic carbocycles. The number of phenols is 1. The topological polar surface area (TPSA) is 94.9 Å². The first kappa shape index (κ1) is 19.8. The molecule has 150 valence electrons. The van der Waals surface area contributed by atoms with Crippen molar-refractivity contribution in [2.24, 2.45) is 0 Å². The first-order valence-electron chi connectivity index (χ1n) is 8.93. The van der Waals surface area contributed by atoms with Crippen LogP contribution < -0.4 is 5.32 Å². The third-order valence-electron chi connectivity index (χ3n) is 4.49. The van der Waals surface area contributed by atoms with Gasteiger partial charge in [0.1, 0.15) is 5.75 Å². The van der Waals surface area contributed by atoms with Gasteiger partial charge in [0.05, 0.1) is 40.6 Å². The van der Waals surface area contributed by atoms with Crippen molar-refractivity contribution in [3.05, 3.63) is 53.2 Å². The van der Waals surface area contributed by atoms with E-state index in [1.165, 1.54) is 24.1 Å². The smallest absolute Gasteiger partial charge is 0.337 e. The summed E-state index contributed by atoms with van der Waals surface area (Å²) in [6, 6.07) is 9.59. The minimum Gasteiger partial charge on any atom is -0.508 e. The standard InChI is InChI=1S/C20H18ClN3O4S/c21-12-1-3-16-14(9-12)19(18(11-22-16)29-24-5-7-28-8-6-24)23-17-4-2-13(25)10-15(17)20(26)27/h1-4,9-11,25H,5-8H2,(H,22,23)(H,26,27). The number of anilines is 2. The number of aromatic nitrogens is 1. The van der Waals surface area contributed by atoms with Gasteiger partial charge in [-0.1, -0.05) is 11.6 Å². The van der Waals surface area contributed by atoms with Crippen LogP contribution in [0.1, 0.15) is 10.4 Å². The minimum absolute atomic E-state index is 0.0284. The van der Waals surface area contributed by atoms with Gasteiger partial charge in [0.15, 0.2) is 0 Å². The van der Waals surface area contributed by atoms with Crippen LogP contribution in [0.4, 0.5) is 11.4 Å². The number of morpholine rings is 1. The number of ether oxygens (including phenoxy) is 1. The Morgan fingerprint density at radius 3 is 2.76 bits per heavy atom. The lowest BCUT2D eigenvalue weighted by Gasteiger charge is -2.26. The van der Waals surface area contributed by atoms with Gasteiger partial charge in [-0.3, -0.25) is 4.98 Å². The molecule has 1 aliphatic rings. The highest BCUT2D eigenvalue weighted by atomic mass is 35.5. The number of phenolic OH excluding ortho intramolecular Hbond substituents is 1. The zero-order chi connectivity index (χ0) is 20.4. The van der Waals surface area contributed by atoms with Crippen LogP contribution >= 0.6 is 23.5 Å². The Hall–Kier alpha value is -2.52. The van der Waals surface area contributed by atoms with Crippen molar-refractivity contribution in [3.8, 4) is 5.75 Å². The maximum atomic E-state index is 11.7. The summed E-state index contributed by atoms with van der Waals surface area (Å²) >= 11 is 7.76. The Balaban J connectivity index is 1.81. The Kier molecular flexibility index (Phi) is 5.77. The molecule has 9 heteroatoms. The highest BCUT2D eigenvalue weighted by molar-refractivity contribution is 7.97. The van der Waals surface area contributed by atoms with Crippen molar-refractivity contribution in [1.82, 2.24) is 9.29 Å². The monoisotopic (exact) mass is 431 g/mol. The quantitative estimate of drug-likeness (QED) is 0.405. The third kappa shape index (κ3) is 4.40. The molecule has 0 bridgehead atoms. The number of aromatic carboxylic acids is 1. The molecule has 0 saturated carbocycles. The van der Waals surface area contributed by atoms with E-state index in [4.69, 9.17) is 16.3 Å². The highest BCUT2D eigenvalue weighted by Gasteiger charge is 2.19. The van der Waals surface area contributed by atoms with Gasteiger partial charge in [0.2, 0.25) is 0 Å². The molecule has 3 N–H and O–H groups in total. The van der Waals surface area contributed by atoms with E-state index in [-0.39, 0.29) is 11.3 Å². The molecule has 0 amide bonds. The van der Waals surface area contributed by atoms with Crippen molar-refractivity contribution in [2.45, 2.75) is 4.90 Å². The molecule has 4 rings (SSSR count). The predicted octanol–water partition coefficient (Wildman–Crippen LogP) is 4.37. The molecule has 0 radical (unpaired) electrons. The van der Waals surface area contributed by atoms with E-state index < -0.39 is 5.97 Å². The van der Waals surface area contributed by atoms with Crippen LogP contribution in [-0.4, -0.2) is 51.8 Å². The summed E-state index contributed by atoms with van der Waals surface area (Å²) in [6.45, 7) is 2.86. The van der Waals surface area contributed by atoms with Gasteiger partial charge in [-0.2, -0.15) is 0 Å². The minimum atomic E-state index is -1.14. The summed E-state index contributed by atoms with van der Waals surface area (Å²) in [4.78, 5) is 17.0. The summed E-state index contributed by atoms with van der Waals surface area (Å²) in [5.74, 6) is -1.25. The second kappa shape index (κ2) is 8.46. The van der Waals surface area contributed by atoms with E-state index in [9.17, 15) is 15.0 Å². The molecule has 0 atom stereocenters. The van der Waals surface area contributed by atoms with Gasteiger partial charge in [0.25, 0.3) is 0 Å². The number of nitrogens with one attached hydrogen (secondary N) is 1. The Labute approximate surface area is 176 Å². The number of benzene rings is 2. The van der Waals surface area contributed by atoms with Gasteiger partial charge in [-0.05, 0) is 48.3 Å². The van der Waals surface area contributed by atoms with Crippen molar-refractivity contribution in [1.29, 1.82) is 0 Å². The second-order valence-electron chi connectivity index (χ2n) is 6.45. The van der Waals surface area contributed by atoms with Crippen molar-refractivity contribution >= 4 is 51.8 Å². The number of hydrogen-bond acceptors (Lipinski definition) is 7. The fraction of sp³-hybridized carbons (Fsp3) is 0.200. The molecule has 29 heavy (non-hydrogen) atoms. The number of pyridine rings is 1. The van der Waals surface area contributed by atoms with E-state index in [0.717, 1.165) is 28.9 Å². The van der Waals surface area contributed by atoms with E-state index in [1.807, 2.05) is 6.07 Å². The first-order valence-corrected chi connectivity index (χ1v) is 10.1. The molecule has 2 aromatic carbocycles. The summed E-state index contributed by atoms with van der Waals surface area (Å²) in [5, 5.41) is 23.8. The summed E-state index contributed by atoms with van der Waals surface area (Å²) in [5.41, 5.74) is 1.78. The highest BCUT2D eigenvalue weighted by Crippen LogP contribution is 2.38. The van der Waals surface area contributed by atoms with Crippen LogP contribution in [0.2, 0.25) is 5.02 Å². The van der Waals surface area contributed by atoms with Gasteiger partial charge in [-0.15, -0.1) is 0 Å². The molecule has 1 aromatic heterocycles. The van der Waals surface area contributed by atoms with Crippen LogP contribution in [0.25, 0.3) is 10.9 Å². The third-order valence-corrected chi connectivity index (χ3v) is 5.85. The van der Waals surface area contributed by atoms with Gasteiger partial charge < -0.3 is 20.3 Å². The molecule has 3 aromatic rings. The summed E-state index contributed by atoms with van der Waals surface area (Å²) < 4.78 is 7.59. The number of hydrogen-bond donors (Lipinski definition) is 3. The molecule has 1 fully saturated rings. The van der Waals surface area contributed by atoms with E-state index in [2.05, 4.69) is 14.6 Å². The zero-order valence-corrected chi connectivity index (χ0v) is 16.8. The lowest BCUT2D eigenvalue weighted by atomic mass is 10.1. The number of carboxylic acids is 1. The van der Waals surface area contributed by atoms with Crippen molar-refractivity contribution in [2.75, 3.05) is 31.6 Å². The Morgan fingerprint density at radius 1 is 1.21 bits per heavy atom. The van der Waals surface area contributed by atoms with Crippen molar-refractivity contribution in [3.63, 3.8) is 0 Å². The predicted molar refractivity (Wildman–Crippen MR) is 113 cm³/mol. The first-order chi connectivity index (χ1) is 14.0. The number of nitrogens with zero attached hydrogens (tertiary/aromatic N) is 2. The Bertz CT molecular complexity index is 1070. The molecule has 1 saturated heterocycles. The molecule has 2 heterocycles. The number of rotatable bonds is 5. The van der Waals surface area contributed by atoms with Crippen molar-refractivity contribution < 1.29 is 19.7 Å². The average Bonchev–Trinajstić information content (AvgIpc) is 2.71. The molecule has 7 nitrogen and oxygen atoms in total. The second-order valence-corrected chi connectivity index (χ2v) is 8.03. The number of halogens is 1. The van der Waals surface area contributed by atoms with Gasteiger partial charge in [-0.25, -0.2) is 9.10 Å². The maximum absolute atomic E-state index is 11.7. The van der Waals surface area contributed by atoms with Crippen LogP contribution in [0.15, 0.2) is 47.5 Å². The number of carbonyl (C=O) groups is 1. The normalized spacial score (nSPS) is 14.8. The number of fused-ring (bicyclic) bond motifs is 1.